The number of nitrogens with one attached hydrogen (secondary N) is 2. The van der Waals surface area contributed by atoms with Crippen molar-refractivity contribution in [3.8, 4) is 22.4 Å². The Morgan fingerprint density at radius 2 is 1.86 bits per heavy atom. The molecule has 0 bridgehead atoms. The standard InChI is InChI=1S/C24H22N7O4P/c1-2-35-36(33,34)15-31-11-20(29-14-31)18-7-3-5-16(9-18)17-6-4-8-19(10-17)24(32)30-23-21-22(26-12-25-21)27-13-28-23/h3-14H,2,15H2,1H3,(H,33,34)(H2,25,26,27,28,30,32). The van der Waals surface area contributed by atoms with Gasteiger partial charge in [0.05, 0.1) is 25.0 Å². The van der Waals surface area contributed by atoms with Crippen molar-refractivity contribution in [2.24, 2.45) is 0 Å². The van der Waals surface area contributed by atoms with Crippen LogP contribution in [0.2, 0.25) is 0 Å². The van der Waals surface area contributed by atoms with E-state index in [9.17, 15) is 14.3 Å². The number of benzene rings is 2. The van der Waals surface area contributed by atoms with Crippen molar-refractivity contribution in [2.45, 2.75) is 13.2 Å². The van der Waals surface area contributed by atoms with Gasteiger partial charge in [-0.15, -0.1) is 0 Å². The minimum absolute atomic E-state index is 0.154. The number of hydrogen-bond acceptors (Lipinski definition) is 7. The molecule has 1 unspecified atom stereocenters. The minimum Gasteiger partial charge on any atom is -0.340 e. The minimum atomic E-state index is -3.73. The van der Waals surface area contributed by atoms with Gasteiger partial charge in [0, 0.05) is 17.3 Å². The summed E-state index contributed by atoms with van der Waals surface area (Å²) >= 11 is 0. The number of anilines is 1. The van der Waals surface area contributed by atoms with Crippen molar-refractivity contribution in [3.05, 3.63) is 79.3 Å². The summed E-state index contributed by atoms with van der Waals surface area (Å²) in [5.41, 5.74) is 4.68. The fourth-order valence-electron chi connectivity index (χ4n) is 3.77. The third-order valence-electron chi connectivity index (χ3n) is 5.38. The lowest BCUT2D eigenvalue weighted by Crippen LogP contribution is -2.13. The number of hydrogen-bond donors (Lipinski definition) is 3. The molecule has 0 saturated carbocycles. The third kappa shape index (κ3) is 5.08. The van der Waals surface area contributed by atoms with Gasteiger partial charge >= 0.3 is 7.60 Å². The molecule has 0 aliphatic rings. The molecule has 0 aliphatic heterocycles. The summed E-state index contributed by atoms with van der Waals surface area (Å²) in [6.45, 7) is 1.82. The van der Waals surface area contributed by atoms with Crippen molar-refractivity contribution in [2.75, 3.05) is 11.9 Å². The van der Waals surface area contributed by atoms with Crippen LogP contribution >= 0.6 is 7.60 Å². The van der Waals surface area contributed by atoms with Crippen LogP contribution in [0.3, 0.4) is 0 Å². The van der Waals surface area contributed by atoms with Gasteiger partial charge in [-0.05, 0) is 36.2 Å². The Balaban J connectivity index is 1.37. The molecule has 11 nitrogen and oxygen atoms in total. The number of rotatable bonds is 8. The second kappa shape index (κ2) is 9.82. The highest BCUT2D eigenvalue weighted by atomic mass is 31.2. The third-order valence-corrected chi connectivity index (χ3v) is 6.72. The molecule has 3 N–H and O–H groups in total. The molecule has 2 aromatic carbocycles. The van der Waals surface area contributed by atoms with Gasteiger partial charge in [0.2, 0.25) is 0 Å². The number of H-pyrrole nitrogens is 1. The zero-order valence-electron chi connectivity index (χ0n) is 19.2. The first-order valence-corrected chi connectivity index (χ1v) is 12.8. The second-order valence-corrected chi connectivity index (χ2v) is 9.72. The SMILES string of the molecule is CCOP(=O)(O)Cn1cnc(-c2cccc(-c3cccc(C(=O)Nc4ncnc5nc[nH]c45)c3)c2)c1. The lowest BCUT2D eigenvalue weighted by Gasteiger charge is -2.10. The Kier molecular flexibility index (Phi) is 6.43. The molecule has 36 heavy (non-hydrogen) atoms. The quantitative estimate of drug-likeness (QED) is 0.265. The number of carbonyl (C=O) groups excluding carboxylic acids is 1. The van der Waals surface area contributed by atoms with Crippen LogP contribution in [0, 0.1) is 0 Å². The summed E-state index contributed by atoms with van der Waals surface area (Å²) < 4.78 is 18.5. The molecule has 3 heterocycles. The summed E-state index contributed by atoms with van der Waals surface area (Å²) in [5, 5.41) is 2.81. The van der Waals surface area contributed by atoms with Gasteiger partial charge in [0.25, 0.3) is 5.91 Å². The van der Waals surface area contributed by atoms with E-state index in [2.05, 4.69) is 30.2 Å². The van der Waals surface area contributed by atoms with Crippen LogP contribution in [0.1, 0.15) is 17.3 Å². The number of aromatic amines is 1. The molecular weight excluding hydrogens is 481 g/mol. The highest BCUT2D eigenvalue weighted by Crippen LogP contribution is 2.43. The first kappa shape index (κ1) is 23.6. The number of aromatic nitrogens is 6. The summed E-state index contributed by atoms with van der Waals surface area (Å²) in [6, 6.07) is 14.9. The fraction of sp³-hybridized carbons (Fsp3) is 0.125. The molecular formula is C24H22N7O4P. The molecule has 0 aliphatic carbocycles. The Morgan fingerprint density at radius 3 is 2.69 bits per heavy atom. The van der Waals surface area contributed by atoms with E-state index in [1.54, 1.807) is 25.3 Å². The topological polar surface area (TPSA) is 148 Å². The van der Waals surface area contributed by atoms with Crippen LogP contribution in [0.4, 0.5) is 5.82 Å². The Hall–Kier alpha value is -4.18. The lowest BCUT2D eigenvalue weighted by molar-refractivity contribution is 0.102. The monoisotopic (exact) mass is 503 g/mol. The van der Waals surface area contributed by atoms with Crippen molar-refractivity contribution in [1.82, 2.24) is 29.5 Å². The van der Waals surface area contributed by atoms with E-state index in [0.29, 0.717) is 28.2 Å². The van der Waals surface area contributed by atoms with Crippen LogP contribution in [0.15, 0.2) is 73.7 Å². The fourth-order valence-corrected chi connectivity index (χ4v) is 4.83. The highest BCUT2D eigenvalue weighted by Gasteiger charge is 2.19. The van der Waals surface area contributed by atoms with E-state index in [0.717, 1.165) is 16.7 Å². The summed E-state index contributed by atoms with van der Waals surface area (Å²) in [6.07, 6.45) is 5.86. The maximum Gasteiger partial charge on any atom is 0.347 e. The van der Waals surface area contributed by atoms with Gasteiger partial charge in [-0.3, -0.25) is 9.36 Å². The zero-order chi connectivity index (χ0) is 25.1. The van der Waals surface area contributed by atoms with Gasteiger partial charge in [-0.1, -0.05) is 30.3 Å². The second-order valence-electron chi connectivity index (χ2n) is 7.91. The van der Waals surface area contributed by atoms with Crippen molar-refractivity contribution in [1.29, 1.82) is 0 Å². The number of fused-ring (bicyclic) bond motifs is 1. The molecule has 0 saturated heterocycles. The maximum absolute atomic E-state index is 12.9. The molecule has 0 fully saturated rings. The maximum atomic E-state index is 12.9. The Labute approximate surface area is 205 Å². The number of nitrogens with zero attached hydrogens (tertiary/aromatic N) is 5. The van der Waals surface area contributed by atoms with E-state index in [1.165, 1.54) is 23.5 Å². The molecule has 5 rings (SSSR count). The van der Waals surface area contributed by atoms with Gasteiger partial charge in [0.15, 0.2) is 11.5 Å². The number of carbonyl (C=O) groups is 1. The molecule has 0 spiro atoms. The summed E-state index contributed by atoms with van der Waals surface area (Å²) in [4.78, 5) is 42.4. The smallest absolute Gasteiger partial charge is 0.340 e. The van der Waals surface area contributed by atoms with Gasteiger partial charge in [-0.2, -0.15) is 0 Å². The van der Waals surface area contributed by atoms with Crippen molar-refractivity contribution >= 4 is 30.5 Å². The highest BCUT2D eigenvalue weighted by molar-refractivity contribution is 7.51. The normalized spacial score (nSPS) is 12.9. The van der Waals surface area contributed by atoms with E-state index in [4.69, 9.17) is 4.52 Å². The zero-order valence-corrected chi connectivity index (χ0v) is 20.1. The molecule has 5 aromatic rings. The lowest BCUT2D eigenvalue weighted by atomic mass is 10.00. The van der Waals surface area contributed by atoms with E-state index >= 15 is 0 Å². The van der Waals surface area contributed by atoms with Gasteiger partial charge in [-0.25, -0.2) is 19.9 Å². The van der Waals surface area contributed by atoms with Crippen molar-refractivity contribution in [3.63, 3.8) is 0 Å². The molecule has 0 radical (unpaired) electrons. The largest absolute Gasteiger partial charge is 0.347 e. The Bertz CT molecular complexity index is 1600. The van der Waals surface area contributed by atoms with Crippen LogP contribution < -0.4 is 5.32 Å². The first-order valence-electron chi connectivity index (χ1n) is 11.1. The van der Waals surface area contributed by atoms with Crippen LogP contribution in [-0.2, 0) is 15.4 Å². The van der Waals surface area contributed by atoms with Gasteiger partial charge in [0.1, 0.15) is 18.1 Å². The molecule has 1 amide bonds. The van der Waals surface area contributed by atoms with E-state index in [1.807, 2.05) is 36.4 Å². The van der Waals surface area contributed by atoms with E-state index in [-0.39, 0.29) is 18.8 Å². The average Bonchev–Trinajstić information content (AvgIpc) is 3.54. The predicted molar refractivity (Wildman–Crippen MR) is 134 cm³/mol. The number of imidazole rings is 2. The molecule has 3 aromatic heterocycles. The van der Waals surface area contributed by atoms with Gasteiger partial charge < -0.3 is 24.3 Å². The van der Waals surface area contributed by atoms with Crippen LogP contribution in [0.5, 0.6) is 0 Å². The first-order chi connectivity index (χ1) is 17.4. The summed E-state index contributed by atoms with van der Waals surface area (Å²) in [7, 11) is -3.73. The van der Waals surface area contributed by atoms with Crippen LogP contribution in [0.25, 0.3) is 33.5 Å². The average molecular weight is 503 g/mol. The Morgan fingerprint density at radius 1 is 1.08 bits per heavy atom. The number of amides is 1. The summed E-state index contributed by atoms with van der Waals surface area (Å²) in [5.74, 6) is 0.0336. The van der Waals surface area contributed by atoms with Crippen molar-refractivity contribution < 1.29 is 18.8 Å². The van der Waals surface area contributed by atoms with Crippen LogP contribution in [-0.4, -0.2) is 46.9 Å². The van der Waals surface area contributed by atoms with E-state index < -0.39 is 7.60 Å². The molecule has 1 atom stereocenters. The predicted octanol–water partition coefficient (Wildman–Crippen LogP) is 4.32. The molecule has 12 heteroatoms. The molecule has 182 valence electrons.